The minimum absolute atomic E-state index is 0.0848. The van der Waals surface area contributed by atoms with Gasteiger partial charge in [0.15, 0.2) is 0 Å². The Balaban J connectivity index is 1.97. The van der Waals surface area contributed by atoms with E-state index in [1.54, 1.807) is 36.4 Å². The van der Waals surface area contributed by atoms with Crippen molar-refractivity contribution in [2.45, 2.75) is 13.0 Å². The van der Waals surface area contributed by atoms with Crippen LogP contribution in [-0.4, -0.2) is 31.0 Å². The van der Waals surface area contributed by atoms with Crippen LogP contribution in [0.2, 0.25) is 0 Å². The molecule has 1 fully saturated rings. The number of aliphatic hydroxyl groups excluding tert-OH is 1. The summed E-state index contributed by atoms with van der Waals surface area (Å²) in [5.41, 5.74) is 1.96. The molecule has 6 nitrogen and oxygen atoms in total. The van der Waals surface area contributed by atoms with Crippen LogP contribution < -0.4 is 14.4 Å². The predicted molar refractivity (Wildman–Crippen MR) is 122 cm³/mol. The van der Waals surface area contributed by atoms with Crippen LogP contribution in [0.1, 0.15) is 22.7 Å². The first-order valence-electron chi connectivity index (χ1n) is 10.2. The first kappa shape index (κ1) is 22.1. The highest BCUT2D eigenvalue weighted by Gasteiger charge is 2.47. The molecule has 3 aromatic rings. The first-order valence-corrected chi connectivity index (χ1v) is 10.2. The van der Waals surface area contributed by atoms with Crippen molar-refractivity contribution >= 4 is 23.1 Å². The molecule has 33 heavy (non-hydrogen) atoms. The topological polar surface area (TPSA) is 76.1 Å². The molecule has 1 unspecified atom stereocenters. The Bertz CT molecular complexity index is 1250. The fourth-order valence-electron chi connectivity index (χ4n) is 3.95. The molecule has 7 heteroatoms. The van der Waals surface area contributed by atoms with E-state index in [9.17, 15) is 19.1 Å². The van der Waals surface area contributed by atoms with E-state index in [2.05, 4.69) is 0 Å². The second-order valence-electron chi connectivity index (χ2n) is 7.62. The van der Waals surface area contributed by atoms with Crippen molar-refractivity contribution in [2.75, 3.05) is 19.1 Å². The van der Waals surface area contributed by atoms with Crippen molar-refractivity contribution in [2.24, 2.45) is 0 Å². The number of benzene rings is 3. The number of anilines is 1. The van der Waals surface area contributed by atoms with Gasteiger partial charge in [-0.1, -0.05) is 23.8 Å². The summed E-state index contributed by atoms with van der Waals surface area (Å²) >= 11 is 0. The largest absolute Gasteiger partial charge is 0.507 e. The van der Waals surface area contributed by atoms with Crippen molar-refractivity contribution in [1.82, 2.24) is 0 Å². The lowest BCUT2D eigenvalue weighted by molar-refractivity contribution is -0.132. The van der Waals surface area contributed by atoms with Crippen molar-refractivity contribution in [3.05, 3.63) is 94.8 Å². The Hall–Kier alpha value is -4.13. The molecule has 0 spiro atoms. The number of ether oxygens (including phenoxy) is 2. The third kappa shape index (κ3) is 3.93. The summed E-state index contributed by atoms with van der Waals surface area (Å²) in [6.07, 6.45) is 0. The van der Waals surface area contributed by atoms with Crippen LogP contribution >= 0.6 is 0 Å². The average molecular weight is 447 g/mol. The Morgan fingerprint density at radius 1 is 0.939 bits per heavy atom. The predicted octanol–water partition coefficient (Wildman–Crippen LogP) is 4.78. The number of carbonyl (C=O) groups is 2. The van der Waals surface area contributed by atoms with Gasteiger partial charge in [0, 0.05) is 5.69 Å². The van der Waals surface area contributed by atoms with Crippen LogP contribution in [0.4, 0.5) is 10.1 Å². The Kier molecular flexibility index (Phi) is 5.87. The molecule has 0 aromatic heterocycles. The van der Waals surface area contributed by atoms with E-state index < -0.39 is 23.5 Å². The number of amides is 1. The molecule has 0 radical (unpaired) electrons. The number of halogens is 1. The lowest BCUT2D eigenvalue weighted by Crippen LogP contribution is -2.29. The normalized spacial score (nSPS) is 17.3. The summed E-state index contributed by atoms with van der Waals surface area (Å²) in [4.78, 5) is 27.6. The SMILES string of the molecule is COc1ccc(C2/C(=C(\O)c3cc(C)ccc3OC)C(=O)C(=O)N2c2ccc(F)cc2)cc1. The Morgan fingerprint density at radius 2 is 1.61 bits per heavy atom. The van der Waals surface area contributed by atoms with Crippen LogP contribution in [0, 0.1) is 12.7 Å². The van der Waals surface area contributed by atoms with Gasteiger partial charge in [-0.05, 0) is 61.0 Å². The average Bonchev–Trinajstić information content (AvgIpc) is 3.09. The zero-order valence-electron chi connectivity index (χ0n) is 18.3. The van der Waals surface area contributed by atoms with Crippen molar-refractivity contribution in [3.8, 4) is 11.5 Å². The molecule has 168 valence electrons. The van der Waals surface area contributed by atoms with Gasteiger partial charge < -0.3 is 14.6 Å². The van der Waals surface area contributed by atoms with E-state index in [1.165, 1.54) is 43.4 Å². The van der Waals surface area contributed by atoms with Gasteiger partial charge in [-0.15, -0.1) is 0 Å². The lowest BCUT2D eigenvalue weighted by Gasteiger charge is -2.25. The van der Waals surface area contributed by atoms with Crippen LogP contribution in [0.15, 0.2) is 72.3 Å². The van der Waals surface area contributed by atoms with Crippen molar-refractivity contribution in [1.29, 1.82) is 0 Å². The van der Waals surface area contributed by atoms with Gasteiger partial charge in [-0.25, -0.2) is 4.39 Å². The molecule has 1 amide bonds. The zero-order valence-corrected chi connectivity index (χ0v) is 18.3. The fraction of sp³-hybridized carbons (Fsp3) is 0.154. The summed E-state index contributed by atoms with van der Waals surface area (Å²) in [7, 11) is 2.99. The number of carbonyl (C=O) groups excluding carboxylic acids is 2. The summed E-state index contributed by atoms with van der Waals surface area (Å²) in [6, 6.07) is 16.3. The Morgan fingerprint density at radius 3 is 2.21 bits per heavy atom. The number of ketones is 1. The monoisotopic (exact) mass is 447 g/mol. The number of rotatable bonds is 5. The smallest absolute Gasteiger partial charge is 0.300 e. The van der Waals surface area contributed by atoms with Gasteiger partial charge in [0.05, 0.1) is 31.4 Å². The number of Topliss-reactive ketones (excluding diaryl/α,β-unsaturated/α-hetero) is 1. The number of hydrogen-bond donors (Lipinski definition) is 1. The molecule has 1 heterocycles. The van der Waals surface area contributed by atoms with Crippen LogP contribution in [-0.2, 0) is 9.59 Å². The number of aryl methyl sites for hydroxylation is 1. The molecule has 0 bridgehead atoms. The van der Waals surface area contributed by atoms with Crippen LogP contribution in [0.25, 0.3) is 5.76 Å². The fourth-order valence-corrected chi connectivity index (χ4v) is 3.95. The molecule has 0 aliphatic carbocycles. The molecule has 1 aliphatic rings. The van der Waals surface area contributed by atoms with Crippen molar-refractivity contribution < 1.29 is 28.6 Å². The van der Waals surface area contributed by atoms with E-state index in [1.807, 2.05) is 13.0 Å². The van der Waals surface area contributed by atoms with Crippen LogP contribution in [0.5, 0.6) is 11.5 Å². The van der Waals surface area contributed by atoms with Crippen molar-refractivity contribution in [3.63, 3.8) is 0 Å². The van der Waals surface area contributed by atoms with Gasteiger partial charge in [-0.3, -0.25) is 14.5 Å². The molecule has 3 aromatic carbocycles. The van der Waals surface area contributed by atoms with Gasteiger partial charge in [0.1, 0.15) is 23.1 Å². The third-order valence-electron chi connectivity index (χ3n) is 5.59. The maximum absolute atomic E-state index is 13.6. The quantitative estimate of drug-likeness (QED) is 0.346. The molecule has 1 aliphatic heterocycles. The number of aliphatic hydroxyl groups is 1. The number of nitrogens with zero attached hydrogens (tertiary/aromatic N) is 1. The maximum atomic E-state index is 13.6. The van der Waals surface area contributed by atoms with E-state index >= 15 is 0 Å². The zero-order chi connectivity index (χ0) is 23.7. The van der Waals surface area contributed by atoms with Gasteiger partial charge in [-0.2, -0.15) is 0 Å². The van der Waals surface area contributed by atoms with E-state index in [0.717, 1.165) is 5.56 Å². The summed E-state index contributed by atoms with van der Waals surface area (Å²) in [5, 5.41) is 11.3. The highest BCUT2D eigenvalue weighted by molar-refractivity contribution is 6.51. The van der Waals surface area contributed by atoms with Gasteiger partial charge in [0.25, 0.3) is 11.7 Å². The number of methoxy groups -OCH3 is 2. The second kappa shape index (κ2) is 8.78. The van der Waals surface area contributed by atoms with Crippen LogP contribution in [0.3, 0.4) is 0 Å². The molecule has 0 saturated carbocycles. The molecular formula is C26H22FNO5. The van der Waals surface area contributed by atoms with E-state index in [4.69, 9.17) is 9.47 Å². The molecular weight excluding hydrogens is 425 g/mol. The summed E-state index contributed by atoms with van der Waals surface area (Å²) in [5.74, 6) is -1.53. The standard InChI is InChI=1S/C26H22FNO5/c1-15-4-13-21(33-3)20(14-15)24(29)22-23(16-5-11-19(32-2)12-6-16)28(26(31)25(22)30)18-9-7-17(27)8-10-18/h4-14,23,29H,1-3H3/b24-22+. The van der Waals surface area contributed by atoms with E-state index in [0.29, 0.717) is 28.3 Å². The van der Waals surface area contributed by atoms with E-state index in [-0.39, 0.29) is 11.3 Å². The highest BCUT2D eigenvalue weighted by Crippen LogP contribution is 2.43. The van der Waals surface area contributed by atoms with Gasteiger partial charge >= 0.3 is 0 Å². The maximum Gasteiger partial charge on any atom is 0.300 e. The minimum Gasteiger partial charge on any atom is -0.507 e. The minimum atomic E-state index is -0.938. The third-order valence-corrected chi connectivity index (χ3v) is 5.59. The molecule has 1 N–H and O–H groups in total. The number of hydrogen-bond acceptors (Lipinski definition) is 5. The van der Waals surface area contributed by atoms with Gasteiger partial charge in [0.2, 0.25) is 0 Å². The molecule has 4 rings (SSSR count). The summed E-state index contributed by atoms with van der Waals surface area (Å²) < 4.78 is 24.1. The first-order chi connectivity index (χ1) is 15.8. The highest BCUT2D eigenvalue weighted by atomic mass is 19.1. The Labute approximate surface area is 190 Å². The molecule has 1 atom stereocenters. The lowest BCUT2D eigenvalue weighted by atomic mass is 9.94. The summed E-state index contributed by atoms with van der Waals surface area (Å²) in [6.45, 7) is 1.84. The second-order valence-corrected chi connectivity index (χ2v) is 7.62. The molecule has 1 saturated heterocycles.